The van der Waals surface area contributed by atoms with E-state index in [4.69, 9.17) is 0 Å². The molecule has 0 amide bonds. The molecule has 10 aromatic rings. The maximum atomic E-state index is 2.47. The van der Waals surface area contributed by atoms with Crippen LogP contribution >= 0.6 is 11.3 Å². The van der Waals surface area contributed by atoms with E-state index in [2.05, 4.69) is 193 Å². The van der Waals surface area contributed by atoms with Gasteiger partial charge in [-0.3, -0.25) is 0 Å². The molecule has 0 saturated carbocycles. The second-order valence-electron chi connectivity index (χ2n) is 12.9. The maximum Gasteiger partial charge on any atom is 0.0546 e. The Morgan fingerprint density at radius 2 is 0.980 bits per heavy atom. The van der Waals surface area contributed by atoms with Crippen LogP contribution in [0.5, 0.6) is 0 Å². The number of anilines is 3. The first kappa shape index (κ1) is 28.8. The summed E-state index contributed by atoms with van der Waals surface area (Å²) < 4.78 is 2.66. The van der Waals surface area contributed by atoms with Crippen molar-refractivity contribution in [3.05, 3.63) is 188 Å². The molecular formula is C48H31NS. The highest BCUT2D eigenvalue weighted by Gasteiger charge is 2.21. The zero-order valence-electron chi connectivity index (χ0n) is 27.3. The lowest BCUT2D eigenvalue weighted by Crippen LogP contribution is -2.12. The van der Waals surface area contributed by atoms with E-state index in [1.807, 2.05) is 11.3 Å². The van der Waals surface area contributed by atoms with Crippen molar-refractivity contribution in [1.29, 1.82) is 0 Å². The second-order valence-corrected chi connectivity index (χ2v) is 13.9. The van der Waals surface area contributed by atoms with Crippen LogP contribution in [0.4, 0.5) is 17.1 Å². The van der Waals surface area contributed by atoms with Crippen molar-refractivity contribution in [2.45, 2.75) is 0 Å². The molecule has 10 rings (SSSR count). The van der Waals surface area contributed by atoms with E-state index in [0.29, 0.717) is 0 Å². The summed E-state index contributed by atoms with van der Waals surface area (Å²) in [6, 6.07) is 68.7. The summed E-state index contributed by atoms with van der Waals surface area (Å²) in [6.45, 7) is 0. The van der Waals surface area contributed by atoms with Gasteiger partial charge in [0, 0.05) is 36.8 Å². The molecule has 0 aliphatic heterocycles. The highest BCUT2D eigenvalue weighted by Crippen LogP contribution is 2.47. The van der Waals surface area contributed by atoms with Crippen molar-refractivity contribution < 1.29 is 0 Å². The van der Waals surface area contributed by atoms with Crippen LogP contribution in [0.1, 0.15) is 0 Å². The second kappa shape index (κ2) is 11.7. The molecule has 0 radical (unpaired) electrons. The average Bonchev–Trinajstić information content (AvgIpc) is 3.58. The standard InChI is InChI=1S/C48H31NS/c1-2-13-32(14-3-1)37-17-8-10-23-44(37)49(45-31-35-16-5-7-19-39(35)47-38-18-6-4-15-33(38)27-30-43(45)47)36-28-25-34(26-29-36)40-21-12-22-42-41-20-9-11-24-46(41)50-48(40)42/h1-31H. The first-order valence-corrected chi connectivity index (χ1v) is 17.9. The quantitative estimate of drug-likeness (QED) is 0.167. The molecule has 1 nitrogen and oxygen atoms in total. The van der Waals surface area contributed by atoms with Crippen molar-refractivity contribution in [2.75, 3.05) is 4.90 Å². The number of rotatable bonds is 5. The average molecular weight is 654 g/mol. The molecule has 0 saturated heterocycles. The van der Waals surface area contributed by atoms with Crippen molar-refractivity contribution >= 4 is 80.9 Å². The summed E-state index contributed by atoms with van der Waals surface area (Å²) in [4.78, 5) is 2.47. The van der Waals surface area contributed by atoms with Gasteiger partial charge in [-0.05, 0) is 74.0 Å². The topological polar surface area (TPSA) is 3.24 Å². The van der Waals surface area contributed by atoms with Crippen LogP contribution in [0.25, 0.3) is 74.7 Å². The van der Waals surface area contributed by atoms with Crippen molar-refractivity contribution in [3.8, 4) is 22.3 Å². The van der Waals surface area contributed by atoms with Gasteiger partial charge in [0.05, 0.1) is 11.4 Å². The molecule has 2 heteroatoms. The number of nitrogens with zero attached hydrogens (tertiary/aromatic N) is 1. The molecule has 1 heterocycles. The Bertz CT molecular complexity index is 2850. The van der Waals surface area contributed by atoms with Crippen LogP contribution in [0, 0.1) is 0 Å². The molecule has 0 spiro atoms. The van der Waals surface area contributed by atoms with Crippen LogP contribution < -0.4 is 4.90 Å². The molecule has 0 fully saturated rings. The molecule has 0 N–H and O–H groups in total. The lowest BCUT2D eigenvalue weighted by molar-refractivity contribution is 1.30. The number of fused-ring (bicyclic) bond motifs is 8. The Balaban J connectivity index is 1.23. The van der Waals surface area contributed by atoms with Crippen LogP contribution in [0.2, 0.25) is 0 Å². The Hall–Kier alpha value is -6.22. The number of thiophene rings is 1. The molecule has 50 heavy (non-hydrogen) atoms. The molecule has 0 atom stereocenters. The third-order valence-electron chi connectivity index (χ3n) is 10.0. The van der Waals surface area contributed by atoms with Gasteiger partial charge in [-0.15, -0.1) is 11.3 Å². The van der Waals surface area contributed by atoms with Crippen LogP contribution in [-0.4, -0.2) is 0 Å². The largest absolute Gasteiger partial charge is 0.309 e. The Labute approximate surface area is 294 Å². The van der Waals surface area contributed by atoms with Crippen LogP contribution in [-0.2, 0) is 0 Å². The zero-order valence-corrected chi connectivity index (χ0v) is 28.1. The minimum atomic E-state index is 1.12. The third-order valence-corrected chi connectivity index (χ3v) is 11.3. The number of hydrogen-bond donors (Lipinski definition) is 0. The summed E-state index contributed by atoms with van der Waals surface area (Å²) in [5.74, 6) is 0. The minimum absolute atomic E-state index is 1.12. The zero-order chi connectivity index (χ0) is 33.0. The van der Waals surface area contributed by atoms with Gasteiger partial charge in [-0.25, -0.2) is 0 Å². The number of benzene rings is 9. The van der Waals surface area contributed by atoms with Crippen LogP contribution in [0.15, 0.2) is 188 Å². The Morgan fingerprint density at radius 3 is 1.82 bits per heavy atom. The molecule has 234 valence electrons. The van der Waals surface area contributed by atoms with Gasteiger partial charge in [0.15, 0.2) is 0 Å². The van der Waals surface area contributed by atoms with E-state index in [0.717, 1.165) is 17.1 Å². The lowest BCUT2D eigenvalue weighted by Gasteiger charge is -2.30. The van der Waals surface area contributed by atoms with Gasteiger partial charge in [0.25, 0.3) is 0 Å². The Kier molecular flexibility index (Phi) is 6.75. The smallest absolute Gasteiger partial charge is 0.0546 e. The lowest BCUT2D eigenvalue weighted by atomic mass is 9.93. The van der Waals surface area contributed by atoms with Gasteiger partial charge in [0.1, 0.15) is 0 Å². The van der Waals surface area contributed by atoms with Gasteiger partial charge in [0.2, 0.25) is 0 Å². The maximum absolute atomic E-state index is 2.47. The van der Waals surface area contributed by atoms with E-state index < -0.39 is 0 Å². The van der Waals surface area contributed by atoms with Gasteiger partial charge < -0.3 is 4.90 Å². The predicted molar refractivity (Wildman–Crippen MR) is 217 cm³/mol. The normalized spacial score (nSPS) is 11.6. The van der Waals surface area contributed by atoms with E-state index in [1.165, 1.54) is 74.7 Å². The monoisotopic (exact) mass is 653 g/mol. The fourth-order valence-corrected chi connectivity index (χ4v) is 8.98. The first-order valence-electron chi connectivity index (χ1n) is 17.1. The molecule has 0 aliphatic carbocycles. The van der Waals surface area contributed by atoms with E-state index >= 15 is 0 Å². The van der Waals surface area contributed by atoms with Gasteiger partial charge in [-0.2, -0.15) is 0 Å². The van der Waals surface area contributed by atoms with Crippen molar-refractivity contribution in [3.63, 3.8) is 0 Å². The first-order chi connectivity index (χ1) is 24.8. The Morgan fingerprint density at radius 1 is 0.360 bits per heavy atom. The van der Waals surface area contributed by atoms with Gasteiger partial charge in [-0.1, -0.05) is 158 Å². The summed E-state index contributed by atoms with van der Waals surface area (Å²) in [5.41, 5.74) is 8.29. The van der Waals surface area contributed by atoms with Crippen molar-refractivity contribution in [1.82, 2.24) is 0 Å². The van der Waals surface area contributed by atoms with E-state index in [-0.39, 0.29) is 0 Å². The molecule has 0 aliphatic rings. The number of hydrogen-bond acceptors (Lipinski definition) is 2. The third kappa shape index (κ3) is 4.61. The summed E-state index contributed by atoms with van der Waals surface area (Å²) in [6.07, 6.45) is 0. The SMILES string of the molecule is c1ccc(-c2ccccc2N(c2ccc(-c3cccc4c3sc3ccccc34)cc2)c2cc3ccccc3c3c2ccc2ccccc23)cc1. The van der Waals surface area contributed by atoms with E-state index in [9.17, 15) is 0 Å². The fourth-order valence-electron chi connectivity index (χ4n) is 7.74. The fraction of sp³-hybridized carbons (Fsp3) is 0. The molecular weight excluding hydrogens is 623 g/mol. The van der Waals surface area contributed by atoms with Crippen molar-refractivity contribution in [2.24, 2.45) is 0 Å². The minimum Gasteiger partial charge on any atom is -0.309 e. The molecule has 1 aromatic heterocycles. The molecule has 9 aromatic carbocycles. The summed E-state index contributed by atoms with van der Waals surface area (Å²) in [5, 5.41) is 10.2. The molecule has 0 bridgehead atoms. The van der Waals surface area contributed by atoms with Gasteiger partial charge >= 0.3 is 0 Å². The summed E-state index contributed by atoms with van der Waals surface area (Å²) >= 11 is 1.88. The van der Waals surface area contributed by atoms with Crippen LogP contribution in [0.3, 0.4) is 0 Å². The van der Waals surface area contributed by atoms with E-state index in [1.54, 1.807) is 0 Å². The summed E-state index contributed by atoms with van der Waals surface area (Å²) in [7, 11) is 0. The highest BCUT2D eigenvalue weighted by molar-refractivity contribution is 7.26. The predicted octanol–water partition coefficient (Wildman–Crippen LogP) is 14.3. The highest BCUT2D eigenvalue weighted by atomic mass is 32.1. The molecule has 0 unspecified atom stereocenters. The number of para-hydroxylation sites is 1.